The summed E-state index contributed by atoms with van der Waals surface area (Å²) in [6, 6.07) is 0. The van der Waals surface area contributed by atoms with Gasteiger partial charge in [-0.1, -0.05) is 5.16 Å². The molecular formula is C10H13NO3. The first-order chi connectivity index (χ1) is 6.79. The molecule has 0 aromatic carbocycles. The minimum absolute atomic E-state index is 0.0181. The van der Waals surface area contributed by atoms with Crippen molar-refractivity contribution in [3.63, 3.8) is 0 Å². The summed E-state index contributed by atoms with van der Waals surface area (Å²) in [5.74, 6) is 0.577. The highest BCUT2D eigenvalue weighted by Gasteiger charge is 2.24. The lowest BCUT2D eigenvalue weighted by Gasteiger charge is -2.20. The van der Waals surface area contributed by atoms with E-state index in [1.807, 2.05) is 0 Å². The molecule has 2 heterocycles. The van der Waals surface area contributed by atoms with Gasteiger partial charge in [-0.15, -0.1) is 0 Å². The topological polar surface area (TPSA) is 52.3 Å². The summed E-state index contributed by atoms with van der Waals surface area (Å²) < 4.78 is 10.6. The molecule has 1 unspecified atom stereocenters. The number of ether oxygens (including phenoxy) is 1. The lowest BCUT2D eigenvalue weighted by molar-refractivity contribution is -0.00187. The van der Waals surface area contributed by atoms with Crippen molar-refractivity contribution in [2.75, 3.05) is 6.61 Å². The summed E-state index contributed by atoms with van der Waals surface area (Å²) >= 11 is 0. The first-order valence-electron chi connectivity index (χ1n) is 4.86. The quantitative estimate of drug-likeness (QED) is 0.678. The number of nitrogens with zero attached hydrogens (tertiary/aromatic N) is 1. The number of carbonyl (C=O) groups is 1. The normalized spacial score (nSPS) is 22.2. The molecule has 0 amide bonds. The highest BCUT2D eigenvalue weighted by molar-refractivity contribution is 5.94. The maximum atomic E-state index is 11.2. The Kier molecular flexibility index (Phi) is 2.63. The van der Waals surface area contributed by atoms with Crippen LogP contribution < -0.4 is 0 Å². The Hall–Kier alpha value is -1.16. The Morgan fingerprint density at radius 3 is 3.07 bits per heavy atom. The number of hydrogen-bond acceptors (Lipinski definition) is 4. The summed E-state index contributed by atoms with van der Waals surface area (Å²) in [6.07, 6.45) is 4.50. The third kappa shape index (κ3) is 1.70. The van der Waals surface area contributed by atoms with Gasteiger partial charge in [0.15, 0.2) is 11.5 Å². The van der Waals surface area contributed by atoms with Gasteiger partial charge in [0.05, 0.1) is 11.8 Å². The zero-order chi connectivity index (χ0) is 9.97. The minimum Gasteiger partial charge on any atom is -0.370 e. The molecule has 0 aliphatic carbocycles. The van der Waals surface area contributed by atoms with Crippen molar-refractivity contribution in [3.05, 3.63) is 17.5 Å². The van der Waals surface area contributed by atoms with Gasteiger partial charge in [-0.3, -0.25) is 4.79 Å². The Bertz CT molecular complexity index is 326. The van der Waals surface area contributed by atoms with E-state index in [1.165, 1.54) is 13.1 Å². The van der Waals surface area contributed by atoms with Crippen LogP contribution in [-0.4, -0.2) is 17.5 Å². The van der Waals surface area contributed by atoms with E-state index in [2.05, 4.69) is 5.16 Å². The van der Waals surface area contributed by atoms with Crippen LogP contribution >= 0.6 is 0 Å². The molecule has 2 rings (SSSR count). The fourth-order valence-electron chi connectivity index (χ4n) is 1.69. The lowest BCUT2D eigenvalue weighted by atomic mass is 10.0. The molecule has 1 saturated heterocycles. The molecule has 14 heavy (non-hydrogen) atoms. The standard InChI is InChI=1S/C10H13NO3/c1-7(12)8-6-11-14-10(8)9-4-2-3-5-13-9/h6,9H,2-5H2,1H3. The van der Waals surface area contributed by atoms with Gasteiger partial charge in [0.2, 0.25) is 0 Å². The Labute approximate surface area is 82.2 Å². The predicted molar refractivity (Wildman–Crippen MR) is 49.1 cm³/mol. The SMILES string of the molecule is CC(=O)c1cnoc1C1CCCCO1. The highest BCUT2D eigenvalue weighted by Crippen LogP contribution is 2.29. The van der Waals surface area contributed by atoms with Gasteiger partial charge in [0.25, 0.3) is 0 Å². The van der Waals surface area contributed by atoms with Crippen LogP contribution in [-0.2, 0) is 4.74 Å². The van der Waals surface area contributed by atoms with Crippen LogP contribution in [0.25, 0.3) is 0 Å². The third-order valence-electron chi connectivity index (χ3n) is 2.45. The molecule has 4 nitrogen and oxygen atoms in total. The van der Waals surface area contributed by atoms with Crippen LogP contribution in [0.4, 0.5) is 0 Å². The van der Waals surface area contributed by atoms with Gasteiger partial charge in [-0.05, 0) is 26.2 Å². The van der Waals surface area contributed by atoms with E-state index in [9.17, 15) is 4.79 Å². The van der Waals surface area contributed by atoms with Crippen LogP contribution in [0.3, 0.4) is 0 Å². The molecule has 76 valence electrons. The molecule has 1 aliphatic heterocycles. The van der Waals surface area contributed by atoms with Crippen LogP contribution in [0.5, 0.6) is 0 Å². The zero-order valence-electron chi connectivity index (χ0n) is 8.16. The highest BCUT2D eigenvalue weighted by atomic mass is 16.5. The maximum absolute atomic E-state index is 11.2. The number of carbonyl (C=O) groups excluding carboxylic acids is 1. The lowest BCUT2D eigenvalue weighted by Crippen LogP contribution is -2.13. The summed E-state index contributed by atoms with van der Waals surface area (Å²) in [7, 11) is 0. The van der Waals surface area contributed by atoms with Crippen molar-refractivity contribution in [1.29, 1.82) is 0 Å². The van der Waals surface area contributed by atoms with E-state index in [0.29, 0.717) is 11.3 Å². The van der Waals surface area contributed by atoms with Gasteiger partial charge in [0, 0.05) is 6.61 Å². The first kappa shape index (κ1) is 9.40. The largest absolute Gasteiger partial charge is 0.370 e. The van der Waals surface area contributed by atoms with Crippen molar-refractivity contribution in [1.82, 2.24) is 5.16 Å². The number of rotatable bonds is 2. The Morgan fingerprint density at radius 2 is 2.43 bits per heavy atom. The summed E-state index contributed by atoms with van der Waals surface area (Å²) in [6.45, 7) is 2.25. The fourth-order valence-corrected chi connectivity index (χ4v) is 1.69. The number of aromatic nitrogens is 1. The first-order valence-corrected chi connectivity index (χ1v) is 4.86. The molecule has 0 radical (unpaired) electrons. The van der Waals surface area contributed by atoms with E-state index >= 15 is 0 Å². The molecule has 4 heteroatoms. The maximum Gasteiger partial charge on any atom is 0.176 e. The molecule has 0 bridgehead atoms. The van der Waals surface area contributed by atoms with Crippen molar-refractivity contribution in [2.24, 2.45) is 0 Å². The van der Waals surface area contributed by atoms with Crippen LogP contribution in [0.1, 0.15) is 48.4 Å². The minimum atomic E-state index is -0.0786. The molecule has 1 aliphatic rings. The molecule has 1 fully saturated rings. The second-order valence-corrected chi connectivity index (χ2v) is 3.52. The monoisotopic (exact) mass is 195 g/mol. The average Bonchev–Trinajstić information content (AvgIpc) is 2.67. The van der Waals surface area contributed by atoms with Crippen LogP contribution in [0.2, 0.25) is 0 Å². The van der Waals surface area contributed by atoms with Gasteiger partial charge >= 0.3 is 0 Å². The van der Waals surface area contributed by atoms with E-state index < -0.39 is 0 Å². The summed E-state index contributed by atoms with van der Waals surface area (Å²) in [4.78, 5) is 11.2. The Balaban J connectivity index is 2.21. The fraction of sp³-hybridized carbons (Fsp3) is 0.600. The smallest absolute Gasteiger partial charge is 0.176 e. The molecule has 1 aromatic rings. The predicted octanol–water partition coefficient (Wildman–Crippen LogP) is 2.12. The number of ketones is 1. The van der Waals surface area contributed by atoms with E-state index in [4.69, 9.17) is 9.26 Å². The van der Waals surface area contributed by atoms with Gasteiger partial charge in [0.1, 0.15) is 6.10 Å². The molecular weight excluding hydrogens is 182 g/mol. The van der Waals surface area contributed by atoms with Crippen molar-refractivity contribution in [3.8, 4) is 0 Å². The zero-order valence-corrected chi connectivity index (χ0v) is 8.16. The number of hydrogen-bond donors (Lipinski definition) is 0. The molecule has 1 atom stereocenters. The second-order valence-electron chi connectivity index (χ2n) is 3.52. The summed E-state index contributed by atoms with van der Waals surface area (Å²) in [5.41, 5.74) is 0.553. The molecule has 0 N–H and O–H groups in total. The van der Waals surface area contributed by atoms with Crippen molar-refractivity contribution >= 4 is 5.78 Å². The average molecular weight is 195 g/mol. The van der Waals surface area contributed by atoms with E-state index in [0.717, 1.165) is 25.9 Å². The third-order valence-corrected chi connectivity index (χ3v) is 2.45. The van der Waals surface area contributed by atoms with E-state index in [-0.39, 0.29) is 11.9 Å². The van der Waals surface area contributed by atoms with Crippen molar-refractivity contribution in [2.45, 2.75) is 32.3 Å². The van der Waals surface area contributed by atoms with Gasteiger partial charge in [-0.2, -0.15) is 0 Å². The molecule has 0 spiro atoms. The second kappa shape index (κ2) is 3.92. The van der Waals surface area contributed by atoms with Crippen LogP contribution in [0.15, 0.2) is 10.7 Å². The summed E-state index contributed by atoms with van der Waals surface area (Å²) in [5, 5.41) is 3.64. The van der Waals surface area contributed by atoms with Crippen LogP contribution in [0, 0.1) is 0 Å². The van der Waals surface area contributed by atoms with Gasteiger partial charge < -0.3 is 9.26 Å². The Morgan fingerprint density at radius 1 is 1.57 bits per heavy atom. The van der Waals surface area contributed by atoms with E-state index in [1.54, 1.807) is 0 Å². The molecule has 0 saturated carbocycles. The van der Waals surface area contributed by atoms with Gasteiger partial charge in [-0.25, -0.2) is 0 Å². The number of Topliss-reactive ketones (excluding diaryl/α,β-unsaturated/α-hetero) is 1. The molecule has 1 aromatic heterocycles. The van der Waals surface area contributed by atoms with Crippen molar-refractivity contribution < 1.29 is 14.1 Å².